The minimum absolute atomic E-state index is 0.100. The van der Waals surface area contributed by atoms with Gasteiger partial charge in [0.15, 0.2) is 5.12 Å². The summed E-state index contributed by atoms with van der Waals surface area (Å²) in [5, 5.41) is 0.323. The van der Waals surface area contributed by atoms with Gasteiger partial charge in [-0.15, -0.1) is 0 Å². The van der Waals surface area contributed by atoms with Crippen LogP contribution in [0.5, 0.6) is 0 Å². The SMILES string of the molecule is CC(=O)SC1CC(C(N)=O)N(C)C1. The Morgan fingerprint density at radius 1 is 1.54 bits per heavy atom. The van der Waals surface area contributed by atoms with Crippen LogP contribution in [0.2, 0.25) is 0 Å². The van der Waals surface area contributed by atoms with E-state index in [1.807, 2.05) is 11.9 Å². The fourth-order valence-corrected chi connectivity index (χ4v) is 2.66. The number of amides is 1. The van der Waals surface area contributed by atoms with Crippen molar-refractivity contribution in [2.24, 2.45) is 5.73 Å². The molecule has 1 aliphatic heterocycles. The van der Waals surface area contributed by atoms with Gasteiger partial charge in [-0.2, -0.15) is 0 Å². The van der Waals surface area contributed by atoms with Gasteiger partial charge in [-0.3, -0.25) is 14.5 Å². The van der Waals surface area contributed by atoms with E-state index in [1.165, 1.54) is 11.8 Å². The summed E-state index contributed by atoms with van der Waals surface area (Å²) in [7, 11) is 1.86. The molecule has 1 fully saturated rings. The Morgan fingerprint density at radius 2 is 2.15 bits per heavy atom. The van der Waals surface area contributed by atoms with Crippen LogP contribution in [0.4, 0.5) is 0 Å². The molecule has 0 aromatic carbocycles. The standard InChI is InChI=1S/C8H14N2O2S/c1-5(11)13-6-3-7(8(9)12)10(2)4-6/h6-7H,3-4H2,1-2H3,(H2,9,12). The summed E-state index contributed by atoms with van der Waals surface area (Å²) in [6.07, 6.45) is 0.691. The van der Waals surface area contributed by atoms with Gasteiger partial charge in [0.1, 0.15) is 0 Å². The highest BCUT2D eigenvalue weighted by Crippen LogP contribution is 2.26. The average molecular weight is 202 g/mol. The molecule has 2 atom stereocenters. The summed E-state index contributed by atoms with van der Waals surface area (Å²) in [5.41, 5.74) is 5.21. The first kappa shape index (κ1) is 10.5. The van der Waals surface area contributed by atoms with Crippen molar-refractivity contribution in [2.75, 3.05) is 13.6 Å². The maximum absolute atomic E-state index is 10.9. The van der Waals surface area contributed by atoms with Crippen molar-refractivity contribution in [2.45, 2.75) is 24.6 Å². The molecule has 74 valence electrons. The molecular formula is C8H14N2O2S. The second-order valence-electron chi connectivity index (χ2n) is 3.32. The minimum Gasteiger partial charge on any atom is -0.368 e. The van der Waals surface area contributed by atoms with Crippen LogP contribution in [0, 0.1) is 0 Å². The molecule has 0 aliphatic carbocycles. The normalized spacial score (nSPS) is 29.1. The lowest BCUT2D eigenvalue weighted by Gasteiger charge is -2.14. The van der Waals surface area contributed by atoms with Crippen LogP contribution in [0.3, 0.4) is 0 Å². The second-order valence-corrected chi connectivity index (χ2v) is 4.80. The predicted octanol–water partition coefficient (Wildman–Crippen LogP) is -0.176. The molecule has 0 saturated carbocycles. The highest BCUT2D eigenvalue weighted by molar-refractivity contribution is 8.14. The molecule has 1 rings (SSSR count). The Hall–Kier alpha value is -0.550. The largest absolute Gasteiger partial charge is 0.368 e. The summed E-state index contributed by atoms with van der Waals surface area (Å²) in [6, 6.07) is -0.197. The van der Waals surface area contributed by atoms with Crippen LogP contribution in [-0.2, 0) is 9.59 Å². The molecule has 0 aromatic heterocycles. The van der Waals surface area contributed by atoms with Gasteiger partial charge in [-0.05, 0) is 13.5 Å². The third-order valence-electron chi connectivity index (χ3n) is 2.17. The molecule has 5 heteroatoms. The Balaban J connectivity index is 2.50. The van der Waals surface area contributed by atoms with Crippen LogP contribution in [0.25, 0.3) is 0 Å². The Morgan fingerprint density at radius 3 is 2.54 bits per heavy atom. The Bertz CT molecular complexity index is 232. The highest BCUT2D eigenvalue weighted by atomic mass is 32.2. The van der Waals surface area contributed by atoms with E-state index in [9.17, 15) is 9.59 Å². The average Bonchev–Trinajstić information content (AvgIpc) is 2.29. The molecule has 0 radical (unpaired) electrons. The van der Waals surface area contributed by atoms with Crippen LogP contribution >= 0.6 is 11.8 Å². The van der Waals surface area contributed by atoms with Gasteiger partial charge in [0.25, 0.3) is 0 Å². The molecule has 1 amide bonds. The molecule has 1 heterocycles. The molecule has 4 nitrogen and oxygen atoms in total. The number of hydrogen-bond donors (Lipinski definition) is 1. The quantitative estimate of drug-likeness (QED) is 0.675. The van der Waals surface area contributed by atoms with Crippen molar-refractivity contribution in [1.82, 2.24) is 4.90 Å². The zero-order valence-electron chi connectivity index (χ0n) is 7.82. The van der Waals surface area contributed by atoms with Crippen molar-refractivity contribution < 1.29 is 9.59 Å². The molecule has 0 spiro atoms. The molecule has 2 unspecified atom stereocenters. The van der Waals surface area contributed by atoms with Crippen molar-refractivity contribution in [1.29, 1.82) is 0 Å². The number of thioether (sulfide) groups is 1. The third-order valence-corrected chi connectivity index (χ3v) is 3.18. The summed E-state index contributed by atoms with van der Waals surface area (Å²) >= 11 is 1.30. The van der Waals surface area contributed by atoms with Crippen molar-refractivity contribution in [3.63, 3.8) is 0 Å². The lowest BCUT2D eigenvalue weighted by Crippen LogP contribution is -2.37. The zero-order chi connectivity index (χ0) is 10.0. The van der Waals surface area contributed by atoms with Crippen molar-refractivity contribution >= 4 is 22.8 Å². The van der Waals surface area contributed by atoms with Crippen molar-refractivity contribution in [3.8, 4) is 0 Å². The molecule has 0 bridgehead atoms. The monoisotopic (exact) mass is 202 g/mol. The van der Waals surface area contributed by atoms with E-state index in [0.29, 0.717) is 6.42 Å². The van der Waals surface area contributed by atoms with E-state index in [0.717, 1.165) is 6.54 Å². The van der Waals surface area contributed by atoms with Gasteiger partial charge in [0, 0.05) is 18.7 Å². The van der Waals surface area contributed by atoms with Crippen molar-refractivity contribution in [3.05, 3.63) is 0 Å². The maximum Gasteiger partial charge on any atom is 0.234 e. The first-order valence-electron chi connectivity index (χ1n) is 4.17. The van der Waals surface area contributed by atoms with E-state index >= 15 is 0 Å². The molecule has 0 aromatic rings. The van der Waals surface area contributed by atoms with Gasteiger partial charge >= 0.3 is 0 Å². The highest BCUT2D eigenvalue weighted by Gasteiger charge is 2.33. The maximum atomic E-state index is 10.9. The molecule has 2 N–H and O–H groups in total. The number of primary amides is 1. The van der Waals surface area contributed by atoms with Crippen LogP contribution in [0.15, 0.2) is 0 Å². The molecular weight excluding hydrogens is 188 g/mol. The number of carbonyl (C=O) groups excluding carboxylic acids is 2. The van der Waals surface area contributed by atoms with Gasteiger partial charge in [0.2, 0.25) is 5.91 Å². The van der Waals surface area contributed by atoms with Gasteiger partial charge in [0.05, 0.1) is 6.04 Å². The van der Waals surface area contributed by atoms with Gasteiger partial charge < -0.3 is 5.73 Å². The Labute approximate surface area is 81.8 Å². The fraction of sp³-hybridized carbons (Fsp3) is 0.750. The van der Waals surface area contributed by atoms with E-state index in [2.05, 4.69) is 0 Å². The van der Waals surface area contributed by atoms with Crippen LogP contribution in [0.1, 0.15) is 13.3 Å². The third kappa shape index (κ3) is 2.70. The van der Waals surface area contributed by atoms with Crippen LogP contribution < -0.4 is 5.73 Å². The smallest absolute Gasteiger partial charge is 0.234 e. The minimum atomic E-state index is -0.297. The summed E-state index contributed by atoms with van der Waals surface area (Å²) in [5.74, 6) is -0.297. The number of nitrogens with two attached hydrogens (primary N) is 1. The number of likely N-dealkylation sites (N-methyl/N-ethyl adjacent to an activating group) is 1. The molecule has 1 saturated heterocycles. The number of hydrogen-bond acceptors (Lipinski definition) is 4. The van der Waals surface area contributed by atoms with E-state index in [1.54, 1.807) is 6.92 Å². The second kappa shape index (κ2) is 4.11. The lowest BCUT2D eigenvalue weighted by molar-refractivity contribution is -0.121. The van der Waals surface area contributed by atoms with E-state index in [4.69, 9.17) is 5.73 Å². The summed E-state index contributed by atoms with van der Waals surface area (Å²) < 4.78 is 0. The number of carbonyl (C=O) groups is 2. The Kier molecular flexibility index (Phi) is 3.33. The first-order chi connectivity index (χ1) is 6.00. The van der Waals surface area contributed by atoms with Gasteiger partial charge in [-0.1, -0.05) is 11.8 Å². The van der Waals surface area contributed by atoms with Gasteiger partial charge in [-0.25, -0.2) is 0 Å². The topological polar surface area (TPSA) is 63.4 Å². The zero-order valence-corrected chi connectivity index (χ0v) is 8.63. The number of rotatable bonds is 2. The number of likely N-dealkylation sites (tertiary alicyclic amines) is 1. The summed E-state index contributed by atoms with van der Waals surface area (Å²) in [6.45, 7) is 2.31. The summed E-state index contributed by atoms with van der Waals surface area (Å²) in [4.78, 5) is 23.6. The number of nitrogens with zero attached hydrogens (tertiary/aromatic N) is 1. The van der Waals surface area contributed by atoms with E-state index < -0.39 is 0 Å². The lowest BCUT2D eigenvalue weighted by atomic mass is 10.2. The molecule has 1 aliphatic rings. The predicted molar refractivity (Wildman–Crippen MR) is 52.3 cm³/mol. The molecule has 13 heavy (non-hydrogen) atoms. The fourth-order valence-electron chi connectivity index (χ4n) is 1.61. The van der Waals surface area contributed by atoms with Crippen LogP contribution in [-0.4, -0.2) is 40.8 Å². The van der Waals surface area contributed by atoms with E-state index in [-0.39, 0.29) is 22.3 Å². The first-order valence-corrected chi connectivity index (χ1v) is 5.05.